The molecule has 0 amide bonds. The number of hydrogen-bond acceptors (Lipinski definition) is 4. The highest BCUT2D eigenvalue weighted by Gasteiger charge is 2.38. The van der Waals surface area contributed by atoms with Crippen LogP contribution < -0.4 is 0 Å². The molecule has 1 aromatic carbocycles. The molecule has 0 bridgehead atoms. The second-order valence-corrected chi connectivity index (χ2v) is 7.28. The molecule has 4 rings (SSSR count). The van der Waals surface area contributed by atoms with Crippen molar-refractivity contribution < 1.29 is 14.3 Å². The fraction of sp³-hybridized carbons (Fsp3) is 0.429. The van der Waals surface area contributed by atoms with E-state index in [9.17, 15) is 9.59 Å². The average Bonchev–Trinajstić information content (AvgIpc) is 3.00. The lowest BCUT2D eigenvalue weighted by atomic mass is 9.76. The molecule has 5 nitrogen and oxygen atoms in total. The second kappa shape index (κ2) is 6.72. The van der Waals surface area contributed by atoms with Crippen LogP contribution in [0.5, 0.6) is 0 Å². The topological polar surface area (TPSA) is 62.4 Å². The lowest BCUT2D eigenvalue weighted by Gasteiger charge is -2.43. The molecule has 0 unspecified atom stereocenters. The second-order valence-electron chi connectivity index (χ2n) is 7.28. The van der Waals surface area contributed by atoms with E-state index < -0.39 is 0 Å². The van der Waals surface area contributed by atoms with Crippen molar-refractivity contribution in [1.82, 2.24) is 9.88 Å². The molecule has 1 aliphatic heterocycles. The molecule has 1 N–H and O–H groups in total. The summed E-state index contributed by atoms with van der Waals surface area (Å²) in [5.41, 5.74) is 5.29. The summed E-state index contributed by atoms with van der Waals surface area (Å²) in [4.78, 5) is 28.5. The molecular formula is C21H24N2O3. The molecule has 2 heterocycles. The molecule has 0 spiro atoms. The van der Waals surface area contributed by atoms with Crippen LogP contribution in [0.3, 0.4) is 0 Å². The molecule has 5 heteroatoms. The predicted octanol–water partition coefficient (Wildman–Crippen LogP) is 3.20. The van der Waals surface area contributed by atoms with E-state index in [4.69, 9.17) is 4.74 Å². The fourth-order valence-corrected chi connectivity index (χ4v) is 4.56. The van der Waals surface area contributed by atoms with Gasteiger partial charge in [0, 0.05) is 36.3 Å². The van der Waals surface area contributed by atoms with Gasteiger partial charge >= 0.3 is 5.97 Å². The number of hydrogen-bond donors (Lipinski definition) is 1. The number of aldehydes is 1. The van der Waals surface area contributed by atoms with Crippen LogP contribution in [0.15, 0.2) is 29.8 Å². The summed E-state index contributed by atoms with van der Waals surface area (Å²) < 4.78 is 5.27. The summed E-state index contributed by atoms with van der Waals surface area (Å²) in [6.07, 6.45) is 5.15. The maximum atomic E-state index is 11.6. The third-order valence-electron chi connectivity index (χ3n) is 5.56. The predicted molar refractivity (Wildman–Crippen MR) is 100 cm³/mol. The zero-order valence-corrected chi connectivity index (χ0v) is 15.2. The van der Waals surface area contributed by atoms with Crippen LogP contribution in [0.4, 0.5) is 0 Å². The van der Waals surface area contributed by atoms with Gasteiger partial charge < -0.3 is 9.72 Å². The van der Waals surface area contributed by atoms with Crippen LogP contribution in [0.1, 0.15) is 47.8 Å². The third-order valence-corrected chi connectivity index (χ3v) is 5.56. The Kier molecular flexibility index (Phi) is 4.41. The molecule has 0 saturated carbocycles. The van der Waals surface area contributed by atoms with Gasteiger partial charge in [0.05, 0.1) is 5.69 Å². The molecule has 2 aromatic rings. The average molecular weight is 352 g/mol. The van der Waals surface area contributed by atoms with Crippen molar-refractivity contribution >= 4 is 23.2 Å². The van der Waals surface area contributed by atoms with Gasteiger partial charge in [0.25, 0.3) is 0 Å². The monoisotopic (exact) mass is 352 g/mol. The number of carbonyl (C=O) groups excluding carboxylic acids is 2. The van der Waals surface area contributed by atoms with Crippen molar-refractivity contribution in [2.45, 2.75) is 38.6 Å². The first-order chi connectivity index (χ1) is 12.6. The molecule has 1 aromatic heterocycles. The minimum absolute atomic E-state index is 0.246. The molecule has 136 valence electrons. The number of nitrogens with zero attached hydrogens (tertiary/aromatic N) is 1. The van der Waals surface area contributed by atoms with Gasteiger partial charge in [-0.15, -0.1) is 0 Å². The molecule has 2 aliphatic rings. The van der Waals surface area contributed by atoms with Crippen LogP contribution >= 0.6 is 0 Å². The van der Waals surface area contributed by atoms with Gasteiger partial charge in [-0.3, -0.25) is 14.5 Å². The van der Waals surface area contributed by atoms with Crippen LogP contribution in [-0.2, 0) is 16.0 Å². The maximum Gasteiger partial charge on any atom is 0.302 e. The molecule has 26 heavy (non-hydrogen) atoms. The fourth-order valence-electron chi connectivity index (χ4n) is 4.56. The van der Waals surface area contributed by atoms with Crippen molar-refractivity contribution in [3.8, 4) is 0 Å². The summed E-state index contributed by atoms with van der Waals surface area (Å²) in [5, 5.41) is 1.19. The van der Waals surface area contributed by atoms with Gasteiger partial charge in [-0.1, -0.05) is 25.1 Å². The number of ether oxygens (including phenoxy) is 1. The van der Waals surface area contributed by atoms with Crippen LogP contribution in [0.2, 0.25) is 0 Å². The van der Waals surface area contributed by atoms with E-state index in [0.717, 1.165) is 48.9 Å². The third kappa shape index (κ3) is 2.76. The van der Waals surface area contributed by atoms with Crippen molar-refractivity contribution in [3.05, 3.63) is 46.7 Å². The Morgan fingerprint density at radius 1 is 1.42 bits per heavy atom. The zero-order valence-electron chi connectivity index (χ0n) is 15.2. The van der Waals surface area contributed by atoms with E-state index in [1.165, 1.54) is 17.9 Å². The summed E-state index contributed by atoms with van der Waals surface area (Å²) in [6.45, 7) is 5.79. The summed E-state index contributed by atoms with van der Waals surface area (Å²) in [7, 11) is 0. The quantitative estimate of drug-likeness (QED) is 0.510. The Balaban J connectivity index is 1.81. The number of fused-ring (bicyclic) bond motifs is 2. The van der Waals surface area contributed by atoms with Crippen LogP contribution in [0, 0.1) is 0 Å². The SMILES string of the molecule is CCCN1CC(COC(C)=O)=C[C@@H]2c3cccc4[nH]c(C=O)c(c34)C[C@H]21. The van der Waals surface area contributed by atoms with E-state index in [2.05, 4.69) is 29.0 Å². The first kappa shape index (κ1) is 17.0. The number of aromatic nitrogens is 1. The highest BCUT2D eigenvalue weighted by molar-refractivity contribution is 5.95. The Labute approximate surface area is 153 Å². The molecular weight excluding hydrogens is 328 g/mol. The summed E-state index contributed by atoms with van der Waals surface area (Å²) in [6, 6.07) is 6.59. The number of H-pyrrole nitrogens is 1. The van der Waals surface area contributed by atoms with Gasteiger partial charge in [-0.25, -0.2) is 0 Å². The number of nitrogens with one attached hydrogen (secondary N) is 1. The number of rotatable bonds is 5. The van der Waals surface area contributed by atoms with Crippen molar-refractivity contribution in [1.29, 1.82) is 0 Å². The lowest BCUT2D eigenvalue weighted by Crippen LogP contribution is -2.47. The largest absolute Gasteiger partial charge is 0.461 e. The van der Waals surface area contributed by atoms with Crippen molar-refractivity contribution in [2.24, 2.45) is 0 Å². The first-order valence-electron chi connectivity index (χ1n) is 9.28. The minimum Gasteiger partial charge on any atom is -0.461 e. The van der Waals surface area contributed by atoms with Gasteiger partial charge in [-0.05, 0) is 42.2 Å². The summed E-state index contributed by atoms with van der Waals surface area (Å²) >= 11 is 0. The normalized spacial score (nSPS) is 22.0. The molecule has 1 aliphatic carbocycles. The number of carbonyl (C=O) groups is 2. The number of esters is 1. The van der Waals surface area contributed by atoms with Gasteiger partial charge in [0.15, 0.2) is 6.29 Å². The number of benzene rings is 1. The minimum atomic E-state index is -0.246. The molecule has 2 atom stereocenters. The summed E-state index contributed by atoms with van der Waals surface area (Å²) in [5.74, 6) is 0.0108. The Hall–Kier alpha value is -2.40. The highest BCUT2D eigenvalue weighted by atomic mass is 16.5. The van der Waals surface area contributed by atoms with E-state index >= 15 is 0 Å². The lowest BCUT2D eigenvalue weighted by molar-refractivity contribution is -0.140. The van der Waals surface area contributed by atoms with Crippen LogP contribution in [-0.4, -0.2) is 47.9 Å². The van der Waals surface area contributed by atoms with E-state index in [1.807, 2.05) is 12.1 Å². The Morgan fingerprint density at radius 2 is 2.27 bits per heavy atom. The van der Waals surface area contributed by atoms with E-state index in [1.54, 1.807) is 0 Å². The maximum absolute atomic E-state index is 11.6. The van der Waals surface area contributed by atoms with Crippen LogP contribution in [0.25, 0.3) is 10.9 Å². The first-order valence-corrected chi connectivity index (χ1v) is 9.28. The van der Waals surface area contributed by atoms with E-state index in [0.29, 0.717) is 18.3 Å². The Morgan fingerprint density at radius 3 is 3.00 bits per heavy atom. The highest BCUT2D eigenvalue weighted by Crippen LogP contribution is 2.43. The Bertz CT molecular complexity index is 896. The van der Waals surface area contributed by atoms with E-state index in [-0.39, 0.29) is 11.9 Å². The standard InChI is InChI=1S/C21H24N2O3/c1-3-7-23-10-14(12-26-13(2)25)8-16-15-5-4-6-18-21(15)17(9-20(16)23)19(11-24)22-18/h4-6,8,11,16,20,22H,3,7,9-10,12H2,1-2H3/t16-,20-/m1/s1. The zero-order chi connectivity index (χ0) is 18.3. The van der Waals surface area contributed by atoms with Gasteiger partial charge in [-0.2, -0.15) is 0 Å². The molecule has 0 fully saturated rings. The van der Waals surface area contributed by atoms with Gasteiger partial charge in [0.2, 0.25) is 0 Å². The van der Waals surface area contributed by atoms with Crippen molar-refractivity contribution in [2.75, 3.05) is 19.7 Å². The smallest absolute Gasteiger partial charge is 0.302 e. The number of aromatic amines is 1. The molecule has 0 saturated heterocycles. The van der Waals surface area contributed by atoms with Crippen molar-refractivity contribution in [3.63, 3.8) is 0 Å². The molecule has 0 radical (unpaired) electrons. The van der Waals surface area contributed by atoms with Gasteiger partial charge in [0.1, 0.15) is 6.61 Å².